The van der Waals surface area contributed by atoms with E-state index in [0.29, 0.717) is 25.3 Å². The standard InChI is InChI=1S/C14H17NO4/c1-9-8-19-7-6-10(9)13(16)15-12-5-3-2-4-11(12)14(17)18/h2-5,9-10H,6-8H2,1H3,(H,15,16)(H,17,18). The van der Waals surface area contributed by atoms with E-state index in [9.17, 15) is 9.59 Å². The number of para-hydroxylation sites is 1. The molecule has 1 fully saturated rings. The lowest BCUT2D eigenvalue weighted by molar-refractivity contribution is -0.125. The summed E-state index contributed by atoms with van der Waals surface area (Å²) in [6, 6.07) is 6.42. The number of carboxylic acid groups (broad SMARTS) is 1. The molecule has 5 nitrogen and oxygen atoms in total. The van der Waals surface area contributed by atoms with E-state index in [1.165, 1.54) is 6.07 Å². The molecule has 2 N–H and O–H groups in total. The van der Waals surface area contributed by atoms with Gasteiger partial charge in [0.15, 0.2) is 0 Å². The van der Waals surface area contributed by atoms with Crippen LogP contribution in [0.2, 0.25) is 0 Å². The first-order chi connectivity index (χ1) is 9.09. The molecule has 19 heavy (non-hydrogen) atoms. The zero-order chi connectivity index (χ0) is 13.8. The summed E-state index contributed by atoms with van der Waals surface area (Å²) in [7, 11) is 0. The number of carboxylic acids is 1. The highest BCUT2D eigenvalue weighted by molar-refractivity contribution is 6.01. The van der Waals surface area contributed by atoms with E-state index < -0.39 is 5.97 Å². The summed E-state index contributed by atoms with van der Waals surface area (Å²) < 4.78 is 5.30. The van der Waals surface area contributed by atoms with Crippen LogP contribution in [0, 0.1) is 11.8 Å². The Kier molecular flexibility index (Phi) is 4.16. The number of benzene rings is 1. The van der Waals surface area contributed by atoms with Crippen LogP contribution in [0.15, 0.2) is 24.3 Å². The van der Waals surface area contributed by atoms with Crippen molar-refractivity contribution in [3.63, 3.8) is 0 Å². The maximum Gasteiger partial charge on any atom is 0.337 e. The first-order valence-electron chi connectivity index (χ1n) is 6.30. The number of carbonyl (C=O) groups excluding carboxylic acids is 1. The van der Waals surface area contributed by atoms with E-state index in [2.05, 4.69) is 5.32 Å². The summed E-state index contributed by atoms with van der Waals surface area (Å²) in [4.78, 5) is 23.3. The molecule has 0 aromatic heterocycles. The second kappa shape index (κ2) is 5.84. The van der Waals surface area contributed by atoms with Gasteiger partial charge >= 0.3 is 5.97 Å². The highest BCUT2D eigenvalue weighted by atomic mass is 16.5. The van der Waals surface area contributed by atoms with Crippen LogP contribution in [0.4, 0.5) is 5.69 Å². The average molecular weight is 263 g/mol. The summed E-state index contributed by atoms with van der Waals surface area (Å²) >= 11 is 0. The molecular weight excluding hydrogens is 246 g/mol. The largest absolute Gasteiger partial charge is 0.478 e. The van der Waals surface area contributed by atoms with Gasteiger partial charge in [-0.3, -0.25) is 4.79 Å². The fourth-order valence-electron chi connectivity index (χ4n) is 2.27. The minimum Gasteiger partial charge on any atom is -0.478 e. The monoisotopic (exact) mass is 263 g/mol. The normalized spacial score (nSPS) is 22.8. The summed E-state index contributed by atoms with van der Waals surface area (Å²) in [5, 5.41) is 11.8. The third-order valence-electron chi connectivity index (χ3n) is 3.39. The Bertz CT molecular complexity index is 486. The molecule has 0 bridgehead atoms. The number of aromatic carboxylic acids is 1. The molecule has 1 saturated heterocycles. The van der Waals surface area contributed by atoms with Crippen molar-refractivity contribution in [2.45, 2.75) is 13.3 Å². The van der Waals surface area contributed by atoms with Crippen LogP contribution in [0.25, 0.3) is 0 Å². The number of nitrogens with one attached hydrogen (secondary N) is 1. The van der Waals surface area contributed by atoms with Gasteiger partial charge in [0.2, 0.25) is 5.91 Å². The van der Waals surface area contributed by atoms with Crippen LogP contribution in [0.5, 0.6) is 0 Å². The van der Waals surface area contributed by atoms with Crippen molar-refractivity contribution in [2.24, 2.45) is 11.8 Å². The number of hydrogen-bond acceptors (Lipinski definition) is 3. The Hall–Kier alpha value is -1.88. The number of carbonyl (C=O) groups is 2. The Labute approximate surface area is 111 Å². The fourth-order valence-corrected chi connectivity index (χ4v) is 2.27. The van der Waals surface area contributed by atoms with Crippen LogP contribution in [-0.4, -0.2) is 30.2 Å². The van der Waals surface area contributed by atoms with Gasteiger partial charge in [0.1, 0.15) is 0 Å². The molecule has 2 rings (SSSR count). The first kappa shape index (κ1) is 13.5. The molecule has 0 aliphatic carbocycles. The second-order valence-electron chi connectivity index (χ2n) is 4.79. The lowest BCUT2D eigenvalue weighted by Gasteiger charge is -2.27. The fraction of sp³-hybridized carbons (Fsp3) is 0.429. The maximum absolute atomic E-state index is 12.2. The van der Waals surface area contributed by atoms with Crippen molar-refractivity contribution in [1.29, 1.82) is 0 Å². The molecular formula is C14H17NO4. The van der Waals surface area contributed by atoms with Gasteiger partial charge in [0.05, 0.1) is 11.3 Å². The smallest absolute Gasteiger partial charge is 0.337 e. The van der Waals surface area contributed by atoms with E-state index >= 15 is 0 Å². The van der Waals surface area contributed by atoms with Crippen LogP contribution < -0.4 is 5.32 Å². The Morgan fingerprint density at radius 2 is 2.11 bits per heavy atom. The van der Waals surface area contributed by atoms with Crippen molar-refractivity contribution >= 4 is 17.6 Å². The van der Waals surface area contributed by atoms with E-state index in [0.717, 1.165) is 0 Å². The van der Waals surface area contributed by atoms with Crippen molar-refractivity contribution in [3.05, 3.63) is 29.8 Å². The van der Waals surface area contributed by atoms with Gasteiger partial charge in [0.25, 0.3) is 0 Å². The number of anilines is 1. The molecule has 0 radical (unpaired) electrons. The molecule has 1 heterocycles. The van der Waals surface area contributed by atoms with Gasteiger partial charge in [-0.1, -0.05) is 19.1 Å². The zero-order valence-corrected chi connectivity index (χ0v) is 10.8. The predicted molar refractivity (Wildman–Crippen MR) is 70.1 cm³/mol. The SMILES string of the molecule is CC1COCCC1C(=O)Nc1ccccc1C(=O)O. The van der Waals surface area contributed by atoms with Gasteiger partial charge < -0.3 is 15.2 Å². The van der Waals surface area contributed by atoms with E-state index in [1.54, 1.807) is 18.2 Å². The van der Waals surface area contributed by atoms with E-state index in [-0.39, 0.29) is 23.3 Å². The average Bonchev–Trinajstić information content (AvgIpc) is 2.39. The lowest BCUT2D eigenvalue weighted by Crippen LogP contribution is -2.35. The summed E-state index contributed by atoms with van der Waals surface area (Å²) in [5.41, 5.74) is 0.453. The van der Waals surface area contributed by atoms with Crippen molar-refractivity contribution in [2.75, 3.05) is 18.5 Å². The molecule has 0 saturated carbocycles. The zero-order valence-electron chi connectivity index (χ0n) is 10.8. The molecule has 102 valence electrons. The molecule has 1 aliphatic heterocycles. The van der Waals surface area contributed by atoms with E-state index in [4.69, 9.17) is 9.84 Å². The summed E-state index contributed by atoms with van der Waals surface area (Å²) in [5.74, 6) is -1.17. The molecule has 2 unspecified atom stereocenters. The predicted octanol–water partition coefficient (Wildman–Crippen LogP) is 2.00. The first-order valence-corrected chi connectivity index (χ1v) is 6.30. The number of amides is 1. The Balaban J connectivity index is 2.12. The lowest BCUT2D eigenvalue weighted by atomic mass is 9.89. The van der Waals surface area contributed by atoms with Crippen molar-refractivity contribution in [1.82, 2.24) is 0 Å². The molecule has 1 amide bonds. The van der Waals surface area contributed by atoms with Crippen LogP contribution >= 0.6 is 0 Å². The summed E-state index contributed by atoms with van der Waals surface area (Å²) in [6.07, 6.45) is 0.669. The van der Waals surface area contributed by atoms with Gasteiger partial charge in [0, 0.05) is 19.1 Å². The molecule has 1 aromatic carbocycles. The second-order valence-corrected chi connectivity index (χ2v) is 4.79. The van der Waals surface area contributed by atoms with Crippen molar-refractivity contribution in [3.8, 4) is 0 Å². The molecule has 2 atom stereocenters. The topological polar surface area (TPSA) is 75.6 Å². The molecule has 0 spiro atoms. The number of ether oxygens (including phenoxy) is 1. The van der Waals surface area contributed by atoms with Crippen molar-refractivity contribution < 1.29 is 19.4 Å². The Morgan fingerprint density at radius 3 is 2.79 bits per heavy atom. The highest BCUT2D eigenvalue weighted by Crippen LogP contribution is 2.24. The Morgan fingerprint density at radius 1 is 1.37 bits per heavy atom. The van der Waals surface area contributed by atoms with Gasteiger partial charge in [-0.15, -0.1) is 0 Å². The number of rotatable bonds is 3. The van der Waals surface area contributed by atoms with E-state index in [1.807, 2.05) is 6.92 Å². The molecule has 5 heteroatoms. The highest BCUT2D eigenvalue weighted by Gasteiger charge is 2.28. The molecule has 1 aliphatic rings. The van der Waals surface area contributed by atoms with Gasteiger partial charge in [-0.25, -0.2) is 4.79 Å². The van der Waals surface area contributed by atoms with Crippen LogP contribution in [-0.2, 0) is 9.53 Å². The number of hydrogen-bond donors (Lipinski definition) is 2. The minimum atomic E-state index is -1.05. The quantitative estimate of drug-likeness (QED) is 0.874. The van der Waals surface area contributed by atoms with Crippen LogP contribution in [0.3, 0.4) is 0 Å². The third-order valence-corrected chi connectivity index (χ3v) is 3.39. The van der Waals surface area contributed by atoms with Gasteiger partial charge in [-0.05, 0) is 24.5 Å². The maximum atomic E-state index is 12.2. The minimum absolute atomic E-state index is 0.107. The third kappa shape index (κ3) is 3.12. The van der Waals surface area contributed by atoms with Crippen LogP contribution in [0.1, 0.15) is 23.7 Å². The molecule has 1 aromatic rings. The van der Waals surface area contributed by atoms with Gasteiger partial charge in [-0.2, -0.15) is 0 Å². The summed E-state index contributed by atoms with van der Waals surface area (Å²) in [6.45, 7) is 3.11.